The van der Waals surface area contributed by atoms with Crippen LogP contribution in [0, 0.1) is 6.92 Å². The predicted molar refractivity (Wildman–Crippen MR) is 106 cm³/mol. The third-order valence-corrected chi connectivity index (χ3v) is 5.20. The average Bonchev–Trinajstić information content (AvgIpc) is 3.26. The van der Waals surface area contributed by atoms with Crippen molar-refractivity contribution in [2.75, 3.05) is 5.32 Å². The van der Waals surface area contributed by atoms with Crippen LogP contribution in [0.25, 0.3) is 5.57 Å². The van der Waals surface area contributed by atoms with Gasteiger partial charge in [0.25, 0.3) is 11.8 Å². The van der Waals surface area contributed by atoms with Crippen molar-refractivity contribution in [3.05, 3.63) is 88.0 Å². The lowest BCUT2D eigenvalue weighted by molar-refractivity contribution is -0.137. The lowest BCUT2D eigenvalue weighted by Gasteiger charge is -2.15. The molecule has 1 N–H and O–H groups in total. The van der Waals surface area contributed by atoms with Gasteiger partial charge in [-0.1, -0.05) is 18.2 Å². The molecule has 1 aromatic carbocycles. The Morgan fingerprint density at radius 2 is 1.85 bits per heavy atom. The Bertz CT molecular complexity index is 1030. The molecule has 0 atom stereocenters. The summed E-state index contributed by atoms with van der Waals surface area (Å²) >= 11 is 1.44. The zero-order valence-corrected chi connectivity index (χ0v) is 15.5. The number of imide groups is 1. The van der Waals surface area contributed by atoms with Crippen molar-refractivity contribution in [1.29, 1.82) is 0 Å². The van der Waals surface area contributed by atoms with E-state index in [-0.39, 0.29) is 18.4 Å². The van der Waals surface area contributed by atoms with Gasteiger partial charge in [-0.3, -0.25) is 19.5 Å². The fraction of sp³-hybridized carbons (Fsp3) is 0.0952. The molecule has 1 aliphatic heterocycles. The highest BCUT2D eigenvalue weighted by molar-refractivity contribution is 7.11. The Hall–Kier alpha value is -3.25. The maximum absolute atomic E-state index is 13.1. The molecule has 0 spiro atoms. The molecule has 5 nitrogen and oxygen atoms in total. The Balaban J connectivity index is 1.72. The molecule has 134 valence electrons. The first-order valence-corrected chi connectivity index (χ1v) is 9.38. The SMILES string of the molecule is Cc1cccc(NC2=C(c3cccs3)C(=O)N(Cc3ccncc3)C2=O)c1. The van der Waals surface area contributed by atoms with Crippen LogP contribution >= 0.6 is 11.3 Å². The number of pyridine rings is 1. The maximum Gasteiger partial charge on any atom is 0.278 e. The van der Waals surface area contributed by atoms with Crippen LogP contribution in [0.1, 0.15) is 16.0 Å². The number of carbonyl (C=O) groups excluding carboxylic acids is 2. The summed E-state index contributed by atoms with van der Waals surface area (Å²) in [6.45, 7) is 2.20. The third kappa shape index (κ3) is 3.39. The number of amides is 2. The van der Waals surface area contributed by atoms with Gasteiger partial charge in [0, 0.05) is 23.0 Å². The van der Waals surface area contributed by atoms with E-state index in [0.29, 0.717) is 11.3 Å². The topological polar surface area (TPSA) is 62.3 Å². The van der Waals surface area contributed by atoms with Gasteiger partial charge < -0.3 is 5.32 Å². The van der Waals surface area contributed by atoms with Crippen LogP contribution in [-0.4, -0.2) is 21.7 Å². The Morgan fingerprint density at radius 3 is 2.56 bits per heavy atom. The van der Waals surface area contributed by atoms with Gasteiger partial charge in [-0.05, 0) is 53.8 Å². The van der Waals surface area contributed by atoms with Crippen molar-refractivity contribution >= 4 is 34.4 Å². The van der Waals surface area contributed by atoms with Gasteiger partial charge in [-0.15, -0.1) is 11.3 Å². The summed E-state index contributed by atoms with van der Waals surface area (Å²) in [4.78, 5) is 32.2. The first-order chi connectivity index (χ1) is 13.1. The van der Waals surface area contributed by atoms with Crippen molar-refractivity contribution in [3.63, 3.8) is 0 Å². The molecule has 0 unspecified atom stereocenters. The van der Waals surface area contributed by atoms with Gasteiger partial charge in [-0.25, -0.2) is 0 Å². The maximum atomic E-state index is 13.1. The summed E-state index contributed by atoms with van der Waals surface area (Å²) in [5.74, 6) is -0.601. The normalized spacial score (nSPS) is 14.2. The van der Waals surface area contributed by atoms with Gasteiger partial charge in [-0.2, -0.15) is 0 Å². The van der Waals surface area contributed by atoms with E-state index in [1.165, 1.54) is 16.2 Å². The van der Waals surface area contributed by atoms with Crippen LogP contribution in [0.3, 0.4) is 0 Å². The molecule has 0 saturated heterocycles. The summed E-state index contributed by atoms with van der Waals surface area (Å²) in [5.41, 5.74) is 3.45. The van der Waals surface area contributed by atoms with Crippen LogP contribution in [0.5, 0.6) is 0 Å². The monoisotopic (exact) mass is 375 g/mol. The molecule has 2 aromatic heterocycles. The largest absolute Gasteiger partial charge is 0.350 e. The number of nitrogens with zero attached hydrogens (tertiary/aromatic N) is 2. The van der Waals surface area contributed by atoms with Crippen LogP contribution in [0.4, 0.5) is 5.69 Å². The van der Waals surface area contributed by atoms with Crippen molar-refractivity contribution in [1.82, 2.24) is 9.88 Å². The van der Waals surface area contributed by atoms with Gasteiger partial charge in [0.1, 0.15) is 5.70 Å². The number of carbonyl (C=O) groups is 2. The number of nitrogens with one attached hydrogen (secondary N) is 1. The van der Waals surface area contributed by atoms with Crippen molar-refractivity contribution in [2.45, 2.75) is 13.5 Å². The van der Waals surface area contributed by atoms with Gasteiger partial charge >= 0.3 is 0 Å². The second-order valence-corrected chi connectivity index (χ2v) is 7.22. The quantitative estimate of drug-likeness (QED) is 0.688. The highest BCUT2D eigenvalue weighted by atomic mass is 32.1. The molecule has 0 saturated carbocycles. The summed E-state index contributed by atoms with van der Waals surface area (Å²) < 4.78 is 0. The molecule has 0 bridgehead atoms. The first kappa shape index (κ1) is 17.2. The second kappa shape index (κ2) is 7.17. The van der Waals surface area contributed by atoms with E-state index >= 15 is 0 Å². The Morgan fingerprint density at radius 1 is 1.04 bits per heavy atom. The molecule has 6 heteroatoms. The average molecular weight is 375 g/mol. The van der Waals surface area contributed by atoms with Crippen molar-refractivity contribution < 1.29 is 9.59 Å². The Labute approximate surface area is 161 Å². The zero-order valence-electron chi connectivity index (χ0n) is 14.7. The third-order valence-electron chi connectivity index (χ3n) is 4.31. The molecular formula is C21H17N3O2S. The number of aryl methyl sites for hydroxylation is 1. The van der Waals surface area contributed by atoms with E-state index in [0.717, 1.165) is 21.7 Å². The zero-order chi connectivity index (χ0) is 18.8. The lowest BCUT2D eigenvalue weighted by Crippen LogP contribution is -2.31. The van der Waals surface area contributed by atoms with Crippen LogP contribution < -0.4 is 5.32 Å². The second-order valence-electron chi connectivity index (χ2n) is 6.27. The van der Waals surface area contributed by atoms with E-state index in [1.54, 1.807) is 24.5 Å². The summed E-state index contributed by atoms with van der Waals surface area (Å²) in [5, 5.41) is 5.08. The minimum atomic E-state index is -0.318. The van der Waals surface area contributed by atoms with E-state index in [2.05, 4.69) is 10.3 Å². The van der Waals surface area contributed by atoms with Crippen LogP contribution in [0.15, 0.2) is 72.0 Å². The van der Waals surface area contributed by atoms with Gasteiger partial charge in [0.2, 0.25) is 0 Å². The molecule has 0 aliphatic carbocycles. The molecule has 4 rings (SSSR count). The van der Waals surface area contributed by atoms with Crippen molar-refractivity contribution in [2.24, 2.45) is 0 Å². The number of hydrogen-bond donors (Lipinski definition) is 1. The lowest BCUT2D eigenvalue weighted by atomic mass is 10.1. The van der Waals surface area contributed by atoms with E-state index in [9.17, 15) is 9.59 Å². The fourth-order valence-corrected chi connectivity index (χ4v) is 3.79. The van der Waals surface area contributed by atoms with Crippen LogP contribution in [-0.2, 0) is 16.1 Å². The molecule has 27 heavy (non-hydrogen) atoms. The summed E-state index contributed by atoms with van der Waals surface area (Å²) in [6, 6.07) is 15.1. The molecule has 3 aromatic rings. The van der Waals surface area contributed by atoms with Gasteiger partial charge in [0.05, 0.1) is 12.1 Å². The smallest absolute Gasteiger partial charge is 0.278 e. The first-order valence-electron chi connectivity index (χ1n) is 8.50. The molecule has 3 heterocycles. The highest BCUT2D eigenvalue weighted by Crippen LogP contribution is 2.33. The van der Waals surface area contributed by atoms with E-state index in [4.69, 9.17) is 0 Å². The van der Waals surface area contributed by atoms with Crippen LogP contribution in [0.2, 0.25) is 0 Å². The molecule has 1 aliphatic rings. The number of hydrogen-bond acceptors (Lipinski definition) is 5. The predicted octanol–water partition coefficient (Wildman–Crippen LogP) is 3.84. The molecule has 0 fully saturated rings. The van der Waals surface area contributed by atoms with Gasteiger partial charge in [0.15, 0.2) is 0 Å². The highest BCUT2D eigenvalue weighted by Gasteiger charge is 2.39. The Kier molecular flexibility index (Phi) is 4.56. The standard InChI is InChI=1S/C21H17N3O2S/c1-14-4-2-5-16(12-14)23-19-18(17-6-3-11-27-17)20(25)24(21(19)26)13-15-7-9-22-10-8-15/h2-12,23H,13H2,1H3. The molecule has 0 radical (unpaired) electrons. The number of thiophene rings is 1. The summed E-state index contributed by atoms with van der Waals surface area (Å²) in [7, 11) is 0. The van der Waals surface area contributed by atoms with E-state index < -0.39 is 0 Å². The van der Waals surface area contributed by atoms with Crippen molar-refractivity contribution in [3.8, 4) is 0 Å². The van der Waals surface area contributed by atoms with E-state index in [1.807, 2.05) is 48.7 Å². The summed E-state index contributed by atoms with van der Waals surface area (Å²) in [6.07, 6.45) is 3.31. The number of rotatable bonds is 5. The number of benzene rings is 1. The minimum Gasteiger partial charge on any atom is -0.350 e. The number of anilines is 1. The number of aromatic nitrogens is 1. The minimum absolute atomic E-state index is 0.216. The molecular weight excluding hydrogens is 358 g/mol. The molecule has 2 amide bonds. The fourth-order valence-electron chi connectivity index (χ4n) is 3.02.